The molecule has 1 atom stereocenters. The lowest BCUT2D eigenvalue weighted by Gasteiger charge is -2.26. The van der Waals surface area contributed by atoms with E-state index in [2.05, 4.69) is 16.3 Å². The Morgan fingerprint density at radius 3 is 2.73 bits per heavy atom. The molecule has 3 heterocycles. The minimum atomic E-state index is -0.547. The van der Waals surface area contributed by atoms with Crippen molar-refractivity contribution in [2.24, 2.45) is 5.73 Å². The number of ether oxygens (including phenoxy) is 3. The van der Waals surface area contributed by atoms with Crippen LogP contribution in [0.3, 0.4) is 0 Å². The Morgan fingerprint density at radius 2 is 1.97 bits per heavy atom. The minimum Gasteiger partial charge on any atom is -0.420 e. The number of nitrogens with two attached hydrogens (primary N) is 1. The fourth-order valence-electron chi connectivity index (χ4n) is 4.07. The summed E-state index contributed by atoms with van der Waals surface area (Å²) in [4.78, 5) is 14.2. The van der Waals surface area contributed by atoms with Crippen LogP contribution in [0.1, 0.15) is 17.0 Å². The number of fused-ring (bicyclic) bond motifs is 1. The van der Waals surface area contributed by atoms with E-state index in [0.717, 1.165) is 16.8 Å². The number of aromatic amines is 1. The van der Waals surface area contributed by atoms with Crippen LogP contribution in [-0.4, -0.2) is 47.5 Å². The summed E-state index contributed by atoms with van der Waals surface area (Å²) >= 11 is 0. The van der Waals surface area contributed by atoms with Crippen molar-refractivity contribution in [1.29, 1.82) is 5.26 Å². The molecule has 2 aliphatic rings. The van der Waals surface area contributed by atoms with Crippen LogP contribution in [-0.2, 0) is 4.74 Å². The van der Waals surface area contributed by atoms with Gasteiger partial charge in [0.2, 0.25) is 11.8 Å². The second kappa shape index (κ2) is 8.68. The third-order valence-corrected chi connectivity index (χ3v) is 5.67. The smallest absolute Gasteiger partial charge is 0.415 e. The monoisotopic (exact) mass is 443 g/mol. The van der Waals surface area contributed by atoms with Gasteiger partial charge in [-0.15, -0.1) is 5.10 Å². The van der Waals surface area contributed by atoms with Gasteiger partial charge in [-0.25, -0.2) is 4.79 Å². The summed E-state index contributed by atoms with van der Waals surface area (Å²) < 4.78 is 16.6. The fraction of sp³-hybridized carbons (Fsp3) is 0.208. The highest BCUT2D eigenvalue weighted by Crippen LogP contribution is 2.46. The lowest BCUT2D eigenvalue weighted by atomic mass is 9.83. The molecule has 1 aromatic heterocycles. The third kappa shape index (κ3) is 3.88. The Bertz CT molecular complexity index is 1260. The van der Waals surface area contributed by atoms with E-state index in [1.165, 1.54) is 0 Å². The number of H-pyrrole nitrogens is 1. The van der Waals surface area contributed by atoms with Crippen LogP contribution in [0.2, 0.25) is 0 Å². The van der Waals surface area contributed by atoms with Gasteiger partial charge < -0.3 is 24.8 Å². The molecule has 0 aliphatic carbocycles. The number of hydrogen-bond donors (Lipinski definition) is 2. The van der Waals surface area contributed by atoms with E-state index in [9.17, 15) is 10.1 Å². The number of nitrogens with zero attached hydrogens (tertiary/aromatic N) is 3. The van der Waals surface area contributed by atoms with E-state index in [1.54, 1.807) is 23.1 Å². The molecule has 1 fully saturated rings. The second-order valence-corrected chi connectivity index (χ2v) is 7.65. The molecule has 1 saturated heterocycles. The summed E-state index contributed by atoms with van der Waals surface area (Å²) in [5, 5.41) is 17.2. The molecule has 9 nitrogen and oxygen atoms in total. The van der Waals surface area contributed by atoms with Gasteiger partial charge in [-0.2, -0.15) is 5.26 Å². The van der Waals surface area contributed by atoms with E-state index in [1.807, 2.05) is 36.4 Å². The highest BCUT2D eigenvalue weighted by atomic mass is 16.6. The molecule has 0 unspecified atom stereocenters. The van der Waals surface area contributed by atoms with Crippen LogP contribution < -0.4 is 15.2 Å². The van der Waals surface area contributed by atoms with Crippen molar-refractivity contribution in [2.45, 2.75) is 5.92 Å². The van der Waals surface area contributed by atoms with Gasteiger partial charge in [0.25, 0.3) is 0 Å². The van der Waals surface area contributed by atoms with Crippen molar-refractivity contribution >= 4 is 6.09 Å². The molecule has 33 heavy (non-hydrogen) atoms. The maximum Gasteiger partial charge on any atom is 0.415 e. The summed E-state index contributed by atoms with van der Waals surface area (Å²) in [6.45, 7) is 1.93. The Morgan fingerprint density at radius 1 is 1.18 bits per heavy atom. The van der Waals surface area contributed by atoms with E-state index >= 15 is 0 Å². The van der Waals surface area contributed by atoms with E-state index in [0.29, 0.717) is 43.5 Å². The molecule has 0 spiro atoms. The lowest BCUT2D eigenvalue weighted by molar-refractivity contribution is 0.0416. The lowest BCUT2D eigenvalue weighted by Crippen LogP contribution is -2.42. The number of carbonyl (C=O) groups excluding carboxylic acids is 1. The number of nitriles is 1. The first-order valence-electron chi connectivity index (χ1n) is 10.5. The maximum absolute atomic E-state index is 12.6. The van der Waals surface area contributed by atoms with E-state index in [4.69, 9.17) is 19.9 Å². The van der Waals surface area contributed by atoms with E-state index in [-0.39, 0.29) is 11.5 Å². The number of carbonyl (C=O) groups is 1. The summed E-state index contributed by atoms with van der Waals surface area (Å²) in [5.74, 6) is 0.135. The molecule has 166 valence electrons. The Kier molecular flexibility index (Phi) is 5.42. The number of nitrogens with one attached hydrogen (secondary N) is 1. The second-order valence-electron chi connectivity index (χ2n) is 7.65. The van der Waals surface area contributed by atoms with Crippen molar-refractivity contribution in [3.05, 3.63) is 77.2 Å². The molecule has 2 aromatic carbocycles. The summed E-state index contributed by atoms with van der Waals surface area (Å²) in [7, 11) is 0. The van der Waals surface area contributed by atoms with Gasteiger partial charge in [0.05, 0.1) is 30.4 Å². The summed E-state index contributed by atoms with van der Waals surface area (Å²) in [5.41, 5.74) is 9.38. The highest BCUT2D eigenvalue weighted by Gasteiger charge is 2.35. The van der Waals surface area contributed by atoms with Crippen molar-refractivity contribution in [3.8, 4) is 29.0 Å². The minimum absolute atomic E-state index is 0.00294. The number of rotatable bonds is 3. The van der Waals surface area contributed by atoms with Gasteiger partial charge in [-0.3, -0.25) is 5.10 Å². The number of aromatic nitrogens is 2. The molecular weight excluding hydrogens is 422 g/mol. The van der Waals surface area contributed by atoms with Crippen molar-refractivity contribution in [3.63, 3.8) is 0 Å². The molecule has 0 bridgehead atoms. The van der Waals surface area contributed by atoms with Crippen molar-refractivity contribution in [2.75, 3.05) is 26.3 Å². The zero-order valence-corrected chi connectivity index (χ0v) is 17.7. The van der Waals surface area contributed by atoms with E-state index < -0.39 is 12.0 Å². The zero-order valence-electron chi connectivity index (χ0n) is 17.7. The topological polar surface area (TPSA) is 126 Å². The van der Waals surface area contributed by atoms with Crippen LogP contribution in [0, 0.1) is 11.3 Å². The first-order valence-corrected chi connectivity index (χ1v) is 10.5. The molecule has 9 heteroatoms. The number of allylic oxidation sites excluding steroid dienone is 1. The highest BCUT2D eigenvalue weighted by molar-refractivity contribution is 5.72. The molecule has 5 rings (SSSR count). The van der Waals surface area contributed by atoms with Gasteiger partial charge >= 0.3 is 6.09 Å². The Balaban J connectivity index is 1.54. The van der Waals surface area contributed by atoms with Gasteiger partial charge in [0, 0.05) is 13.1 Å². The molecule has 0 radical (unpaired) electrons. The Labute approximate surface area is 190 Å². The number of hydrogen-bond acceptors (Lipinski definition) is 7. The zero-order chi connectivity index (χ0) is 22.8. The first-order chi connectivity index (χ1) is 16.2. The molecule has 2 aliphatic heterocycles. The predicted molar refractivity (Wildman–Crippen MR) is 118 cm³/mol. The third-order valence-electron chi connectivity index (χ3n) is 5.67. The molecule has 0 saturated carbocycles. The fourth-order valence-corrected chi connectivity index (χ4v) is 4.07. The number of morpholine rings is 1. The van der Waals surface area contributed by atoms with Gasteiger partial charge in [-0.1, -0.05) is 42.5 Å². The van der Waals surface area contributed by atoms with Crippen LogP contribution in [0.15, 0.2) is 66.1 Å². The van der Waals surface area contributed by atoms with Crippen molar-refractivity contribution < 1.29 is 19.0 Å². The van der Waals surface area contributed by atoms with Crippen LogP contribution in [0.4, 0.5) is 4.79 Å². The average Bonchev–Trinajstić information content (AvgIpc) is 3.27. The van der Waals surface area contributed by atoms with Gasteiger partial charge in [0.15, 0.2) is 0 Å². The molecule has 3 N–H and O–H groups in total. The molecule has 1 amide bonds. The van der Waals surface area contributed by atoms with Crippen LogP contribution in [0.5, 0.6) is 11.6 Å². The largest absolute Gasteiger partial charge is 0.420 e. The Hall–Kier alpha value is -4.29. The van der Waals surface area contributed by atoms with Gasteiger partial charge in [0.1, 0.15) is 17.4 Å². The van der Waals surface area contributed by atoms with Crippen molar-refractivity contribution in [1.82, 2.24) is 15.1 Å². The average molecular weight is 443 g/mol. The number of amides is 1. The SMILES string of the molecule is N#CC1=C(N)Oc2n[nH]c(-c3ccccc3)c2[C@H]1c1cccc(OC(=O)N2CCOCC2)c1. The predicted octanol–water partition coefficient (Wildman–Crippen LogP) is 3.13. The van der Waals surface area contributed by atoms with Gasteiger partial charge in [-0.05, 0) is 23.3 Å². The maximum atomic E-state index is 12.6. The quantitative estimate of drug-likeness (QED) is 0.637. The molecule has 3 aromatic rings. The van der Waals surface area contributed by atoms with Crippen LogP contribution >= 0.6 is 0 Å². The molecular formula is C24H21N5O4. The van der Waals surface area contributed by atoms with Crippen LogP contribution in [0.25, 0.3) is 11.3 Å². The normalized spacial score (nSPS) is 17.7. The number of benzene rings is 2. The first kappa shape index (κ1) is 20.6. The summed E-state index contributed by atoms with van der Waals surface area (Å²) in [6, 6.07) is 18.9. The summed E-state index contributed by atoms with van der Waals surface area (Å²) in [6.07, 6.45) is -0.438. The standard InChI is InChI=1S/C24H21N5O4/c25-14-18-19(16-7-4-8-17(13-16)32-24(30)29-9-11-31-12-10-29)20-21(15-5-2-1-3-6-15)27-28-23(20)33-22(18)26/h1-8,13,19H,9-12,26H2,(H,27,28)/t19-/m0/s1.